The molecule has 4 N–H and O–H groups in total. The number of aryl methyl sites for hydroxylation is 1. The van der Waals surface area contributed by atoms with Crippen LogP contribution >= 0.6 is 0 Å². The Morgan fingerprint density at radius 1 is 1.59 bits per heavy atom. The minimum absolute atomic E-state index is 0.0450. The summed E-state index contributed by atoms with van der Waals surface area (Å²) in [5, 5.41) is 28.4. The van der Waals surface area contributed by atoms with Gasteiger partial charge in [-0.1, -0.05) is 6.07 Å². The zero-order valence-corrected chi connectivity index (χ0v) is 9.08. The number of carboxylic acid groups (broad SMARTS) is 1. The largest absolute Gasteiger partial charge is 0.479 e. The van der Waals surface area contributed by atoms with E-state index in [1.165, 1.54) is 12.1 Å². The van der Waals surface area contributed by atoms with Crippen LogP contribution in [0.4, 0.5) is 11.4 Å². The lowest BCUT2D eigenvalue weighted by Gasteiger charge is -2.08. The molecule has 0 amide bonds. The molecule has 1 aromatic carbocycles. The average molecular weight is 240 g/mol. The number of nitrogens with zero attached hydrogens (tertiary/aromatic N) is 1. The number of hydrogen-bond acceptors (Lipinski definition) is 5. The number of carbonyl (C=O) groups is 1. The van der Waals surface area contributed by atoms with Gasteiger partial charge in [0.1, 0.15) is 5.69 Å². The van der Waals surface area contributed by atoms with Gasteiger partial charge in [0.15, 0.2) is 6.10 Å². The summed E-state index contributed by atoms with van der Waals surface area (Å²) in [4.78, 5) is 20.5. The molecule has 92 valence electrons. The topological polar surface area (TPSA) is 127 Å². The molecular formula is C10H12N2O5. The van der Waals surface area contributed by atoms with Crippen LogP contribution < -0.4 is 5.73 Å². The van der Waals surface area contributed by atoms with Gasteiger partial charge in [0, 0.05) is 12.5 Å². The molecule has 1 unspecified atom stereocenters. The molecule has 0 saturated carbocycles. The molecule has 7 nitrogen and oxygen atoms in total. The molecule has 0 aliphatic carbocycles. The van der Waals surface area contributed by atoms with E-state index in [0.29, 0.717) is 11.1 Å². The first kappa shape index (κ1) is 12.9. The first-order valence-corrected chi connectivity index (χ1v) is 4.77. The maximum Gasteiger partial charge on any atom is 0.332 e. The first-order chi connectivity index (χ1) is 7.82. The Morgan fingerprint density at radius 2 is 2.18 bits per heavy atom. The Morgan fingerprint density at radius 3 is 2.65 bits per heavy atom. The number of benzene rings is 1. The van der Waals surface area contributed by atoms with E-state index >= 15 is 0 Å². The highest BCUT2D eigenvalue weighted by atomic mass is 16.6. The zero-order valence-electron chi connectivity index (χ0n) is 9.08. The minimum atomic E-state index is -1.59. The van der Waals surface area contributed by atoms with Gasteiger partial charge in [-0.3, -0.25) is 10.1 Å². The summed E-state index contributed by atoms with van der Waals surface area (Å²) in [7, 11) is 0. The standard InChI is InChI=1S/C10H12N2O5/c1-5-2-6(4-8(13)10(14)15)3-7(9(5)11)12(16)17/h2-3,8,13H,4,11H2,1H3,(H,14,15). The molecule has 0 saturated heterocycles. The zero-order chi connectivity index (χ0) is 13.2. The molecule has 0 aromatic heterocycles. The van der Waals surface area contributed by atoms with E-state index in [1.807, 2.05) is 0 Å². The van der Waals surface area contributed by atoms with Crippen molar-refractivity contribution in [3.8, 4) is 0 Å². The lowest BCUT2D eigenvalue weighted by Crippen LogP contribution is -2.22. The van der Waals surface area contributed by atoms with Gasteiger partial charge in [0.25, 0.3) is 5.69 Å². The van der Waals surface area contributed by atoms with Crippen molar-refractivity contribution in [3.05, 3.63) is 33.4 Å². The van der Waals surface area contributed by atoms with Gasteiger partial charge in [0.2, 0.25) is 0 Å². The van der Waals surface area contributed by atoms with E-state index < -0.39 is 17.0 Å². The van der Waals surface area contributed by atoms with Gasteiger partial charge in [0.05, 0.1) is 4.92 Å². The number of aliphatic carboxylic acids is 1. The number of nitro groups is 1. The van der Waals surface area contributed by atoms with Crippen LogP contribution in [0.25, 0.3) is 0 Å². The Bertz CT molecular complexity index is 472. The summed E-state index contributed by atoms with van der Waals surface area (Å²) in [6.45, 7) is 1.58. The van der Waals surface area contributed by atoms with Crippen molar-refractivity contribution >= 4 is 17.3 Å². The number of hydrogen-bond donors (Lipinski definition) is 3. The molecule has 0 spiro atoms. The van der Waals surface area contributed by atoms with Crippen LogP contribution in [-0.4, -0.2) is 27.2 Å². The second-order valence-electron chi connectivity index (χ2n) is 3.66. The minimum Gasteiger partial charge on any atom is -0.479 e. The summed E-state index contributed by atoms with van der Waals surface area (Å²) in [6.07, 6.45) is -1.78. The van der Waals surface area contributed by atoms with Crippen molar-refractivity contribution in [2.45, 2.75) is 19.4 Å². The Hall–Kier alpha value is -2.15. The third-order valence-corrected chi connectivity index (χ3v) is 2.34. The average Bonchev–Trinajstić information content (AvgIpc) is 2.22. The lowest BCUT2D eigenvalue weighted by molar-refractivity contribution is -0.384. The number of nitrogen functional groups attached to an aromatic ring is 1. The molecule has 1 rings (SSSR count). The Labute approximate surface area is 96.6 Å². The second-order valence-corrected chi connectivity index (χ2v) is 3.66. The number of aliphatic hydroxyl groups is 1. The third-order valence-electron chi connectivity index (χ3n) is 2.34. The van der Waals surface area contributed by atoms with Crippen LogP contribution in [-0.2, 0) is 11.2 Å². The van der Waals surface area contributed by atoms with Crippen LogP contribution in [0.1, 0.15) is 11.1 Å². The smallest absolute Gasteiger partial charge is 0.332 e. The van der Waals surface area contributed by atoms with Crippen LogP contribution in [0.2, 0.25) is 0 Å². The summed E-state index contributed by atoms with van der Waals surface area (Å²) in [5.74, 6) is -1.37. The molecule has 1 aromatic rings. The number of nitrogens with two attached hydrogens (primary N) is 1. The van der Waals surface area contributed by atoms with Crippen LogP contribution in [0.5, 0.6) is 0 Å². The predicted octanol–water partition coefficient (Wildman–Crippen LogP) is 0.473. The van der Waals surface area contributed by atoms with Crippen LogP contribution in [0, 0.1) is 17.0 Å². The monoisotopic (exact) mass is 240 g/mol. The summed E-state index contributed by atoms with van der Waals surface area (Å²) >= 11 is 0. The number of anilines is 1. The van der Waals surface area contributed by atoms with E-state index in [-0.39, 0.29) is 17.8 Å². The van der Waals surface area contributed by atoms with Crippen molar-refractivity contribution in [1.29, 1.82) is 0 Å². The quantitative estimate of drug-likeness (QED) is 0.399. The maximum atomic E-state index is 10.7. The molecule has 0 radical (unpaired) electrons. The third kappa shape index (κ3) is 2.91. The molecule has 0 fully saturated rings. The number of aliphatic hydroxyl groups excluding tert-OH is 1. The van der Waals surface area contributed by atoms with Gasteiger partial charge in [-0.25, -0.2) is 4.79 Å². The van der Waals surface area contributed by atoms with E-state index in [2.05, 4.69) is 0 Å². The van der Waals surface area contributed by atoms with Crippen LogP contribution in [0.15, 0.2) is 12.1 Å². The fourth-order valence-electron chi connectivity index (χ4n) is 1.43. The normalized spacial score (nSPS) is 12.1. The SMILES string of the molecule is Cc1cc(CC(O)C(=O)O)cc([N+](=O)[O-])c1N. The van der Waals surface area contributed by atoms with E-state index in [9.17, 15) is 14.9 Å². The van der Waals surface area contributed by atoms with Crippen molar-refractivity contribution in [2.24, 2.45) is 0 Å². The molecule has 0 aliphatic rings. The molecule has 0 heterocycles. The number of nitro benzene ring substituents is 1. The van der Waals surface area contributed by atoms with Crippen molar-refractivity contribution < 1.29 is 19.9 Å². The molecular weight excluding hydrogens is 228 g/mol. The van der Waals surface area contributed by atoms with E-state index in [0.717, 1.165) is 0 Å². The predicted molar refractivity (Wildman–Crippen MR) is 59.6 cm³/mol. The van der Waals surface area contributed by atoms with Gasteiger partial charge in [-0.2, -0.15) is 0 Å². The van der Waals surface area contributed by atoms with Gasteiger partial charge in [-0.15, -0.1) is 0 Å². The summed E-state index contributed by atoms with van der Waals surface area (Å²) in [5.41, 5.74) is 6.13. The van der Waals surface area contributed by atoms with E-state index in [4.69, 9.17) is 15.9 Å². The molecule has 0 bridgehead atoms. The van der Waals surface area contributed by atoms with Crippen molar-refractivity contribution in [1.82, 2.24) is 0 Å². The lowest BCUT2D eigenvalue weighted by atomic mass is 10.0. The van der Waals surface area contributed by atoms with E-state index in [1.54, 1.807) is 6.92 Å². The van der Waals surface area contributed by atoms with Crippen LogP contribution in [0.3, 0.4) is 0 Å². The molecule has 0 aliphatic heterocycles. The van der Waals surface area contributed by atoms with Gasteiger partial charge < -0.3 is 15.9 Å². The second kappa shape index (κ2) is 4.79. The fraction of sp³-hybridized carbons (Fsp3) is 0.300. The summed E-state index contributed by atoms with van der Waals surface area (Å²) in [6, 6.07) is 2.70. The summed E-state index contributed by atoms with van der Waals surface area (Å²) < 4.78 is 0. The Kier molecular flexibility index (Phi) is 3.64. The van der Waals surface area contributed by atoms with Gasteiger partial charge >= 0.3 is 5.97 Å². The molecule has 7 heteroatoms. The highest BCUT2D eigenvalue weighted by Gasteiger charge is 2.19. The van der Waals surface area contributed by atoms with Gasteiger partial charge in [-0.05, 0) is 18.1 Å². The van der Waals surface area contributed by atoms with Crippen molar-refractivity contribution in [2.75, 3.05) is 5.73 Å². The highest BCUT2D eigenvalue weighted by molar-refractivity contribution is 5.72. The maximum absolute atomic E-state index is 10.7. The number of rotatable bonds is 4. The molecule has 1 atom stereocenters. The Balaban J connectivity index is 3.11. The fourth-order valence-corrected chi connectivity index (χ4v) is 1.43. The highest BCUT2D eigenvalue weighted by Crippen LogP contribution is 2.27. The number of carboxylic acids is 1. The first-order valence-electron chi connectivity index (χ1n) is 4.77. The molecule has 17 heavy (non-hydrogen) atoms. The van der Waals surface area contributed by atoms with Crippen molar-refractivity contribution in [3.63, 3.8) is 0 Å².